The van der Waals surface area contributed by atoms with Crippen molar-refractivity contribution in [2.45, 2.75) is 44.1 Å². The summed E-state index contributed by atoms with van der Waals surface area (Å²) >= 11 is 5.73. The van der Waals surface area contributed by atoms with Crippen LogP contribution in [0, 0.1) is 0 Å². The number of hydrogen-bond donors (Lipinski definition) is 1. The van der Waals surface area contributed by atoms with E-state index in [4.69, 9.17) is 16.3 Å². The lowest BCUT2D eigenvalue weighted by atomic mass is 9.93. The fourth-order valence-corrected chi connectivity index (χ4v) is 2.41. The van der Waals surface area contributed by atoms with Crippen LogP contribution in [-0.2, 0) is 10.3 Å². The smallest absolute Gasteiger partial charge is 0.242 e. The third-order valence-corrected chi connectivity index (χ3v) is 3.36. The summed E-state index contributed by atoms with van der Waals surface area (Å²) in [6, 6.07) is 0. The van der Waals surface area contributed by atoms with Crippen LogP contribution in [-0.4, -0.2) is 22.3 Å². The molecule has 1 aromatic heterocycles. The highest BCUT2D eigenvalue weighted by molar-refractivity contribution is 6.28. The number of aromatic nitrogens is 3. The summed E-state index contributed by atoms with van der Waals surface area (Å²) in [4.78, 5) is 4.19. The minimum Gasteiger partial charge on any atom is -0.370 e. The van der Waals surface area contributed by atoms with E-state index < -0.39 is 0 Å². The molecule has 0 atom stereocenters. The zero-order valence-electron chi connectivity index (χ0n) is 8.92. The molecule has 1 aliphatic carbocycles. The van der Waals surface area contributed by atoms with Crippen molar-refractivity contribution in [3.8, 4) is 0 Å². The predicted octanol–water partition coefficient (Wildman–Crippen LogP) is 2.65. The molecule has 1 saturated carbocycles. The lowest BCUT2D eigenvalue weighted by Crippen LogP contribution is -2.29. The van der Waals surface area contributed by atoms with Gasteiger partial charge in [-0.3, -0.25) is 5.10 Å². The van der Waals surface area contributed by atoms with Gasteiger partial charge in [0, 0.05) is 7.11 Å². The van der Waals surface area contributed by atoms with E-state index in [1.165, 1.54) is 25.7 Å². The maximum Gasteiger partial charge on any atom is 0.242 e. The zero-order chi connectivity index (χ0) is 10.7. The third-order valence-electron chi connectivity index (χ3n) is 3.19. The first-order valence-electron chi connectivity index (χ1n) is 5.40. The Balaban J connectivity index is 2.26. The summed E-state index contributed by atoms with van der Waals surface area (Å²) < 4.78 is 5.67. The summed E-state index contributed by atoms with van der Waals surface area (Å²) in [6.07, 6.45) is 6.88. The van der Waals surface area contributed by atoms with E-state index in [0.717, 1.165) is 18.7 Å². The molecule has 5 heteroatoms. The number of ether oxygens (including phenoxy) is 1. The average molecular weight is 230 g/mol. The van der Waals surface area contributed by atoms with Gasteiger partial charge in [0.05, 0.1) is 0 Å². The minimum atomic E-state index is -0.295. The summed E-state index contributed by atoms with van der Waals surface area (Å²) in [7, 11) is 1.74. The molecule has 0 spiro atoms. The zero-order valence-corrected chi connectivity index (χ0v) is 9.68. The van der Waals surface area contributed by atoms with Crippen LogP contribution in [0.4, 0.5) is 0 Å². The van der Waals surface area contributed by atoms with Crippen LogP contribution < -0.4 is 0 Å². The third kappa shape index (κ3) is 2.16. The first kappa shape index (κ1) is 10.9. The highest BCUT2D eigenvalue weighted by Crippen LogP contribution is 2.37. The number of H-pyrrole nitrogens is 1. The lowest BCUT2D eigenvalue weighted by Gasteiger charge is -2.28. The van der Waals surface area contributed by atoms with Crippen LogP contribution in [0.3, 0.4) is 0 Å². The second-order valence-electron chi connectivity index (χ2n) is 4.07. The summed E-state index contributed by atoms with van der Waals surface area (Å²) in [5, 5.41) is 7.01. The summed E-state index contributed by atoms with van der Waals surface area (Å²) in [5.74, 6) is 0.775. The van der Waals surface area contributed by atoms with Crippen molar-refractivity contribution < 1.29 is 4.74 Å². The number of aromatic amines is 1. The Morgan fingerprint density at radius 2 is 1.93 bits per heavy atom. The maximum atomic E-state index is 5.73. The Kier molecular flexibility index (Phi) is 3.26. The van der Waals surface area contributed by atoms with Crippen LogP contribution in [0.15, 0.2) is 0 Å². The highest BCUT2D eigenvalue weighted by atomic mass is 35.5. The molecule has 0 radical (unpaired) electrons. The molecule has 0 saturated heterocycles. The molecule has 1 heterocycles. The molecule has 1 fully saturated rings. The van der Waals surface area contributed by atoms with E-state index in [9.17, 15) is 0 Å². The van der Waals surface area contributed by atoms with Gasteiger partial charge in [0.2, 0.25) is 5.28 Å². The first-order chi connectivity index (χ1) is 7.27. The van der Waals surface area contributed by atoms with Crippen LogP contribution in [0.1, 0.15) is 44.3 Å². The number of nitrogens with one attached hydrogen (secondary N) is 1. The van der Waals surface area contributed by atoms with Crippen molar-refractivity contribution >= 4 is 11.6 Å². The van der Waals surface area contributed by atoms with Gasteiger partial charge in [0.15, 0.2) is 5.82 Å². The van der Waals surface area contributed by atoms with Crippen molar-refractivity contribution in [3.05, 3.63) is 11.1 Å². The Hall–Kier alpha value is -0.610. The molecule has 1 aliphatic rings. The van der Waals surface area contributed by atoms with E-state index in [1.54, 1.807) is 7.11 Å². The normalized spacial score (nSPS) is 21.2. The molecule has 1 N–H and O–H groups in total. The molecule has 0 aliphatic heterocycles. The van der Waals surface area contributed by atoms with Gasteiger partial charge in [0.1, 0.15) is 5.60 Å². The Labute approximate surface area is 94.4 Å². The number of hydrogen-bond acceptors (Lipinski definition) is 3. The van der Waals surface area contributed by atoms with Crippen LogP contribution in [0.5, 0.6) is 0 Å². The van der Waals surface area contributed by atoms with E-state index >= 15 is 0 Å². The van der Waals surface area contributed by atoms with Crippen LogP contribution in [0.2, 0.25) is 5.28 Å². The van der Waals surface area contributed by atoms with E-state index in [1.807, 2.05) is 0 Å². The molecule has 15 heavy (non-hydrogen) atoms. The Morgan fingerprint density at radius 1 is 1.27 bits per heavy atom. The summed E-state index contributed by atoms with van der Waals surface area (Å²) in [5.41, 5.74) is -0.295. The van der Waals surface area contributed by atoms with Gasteiger partial charge < -0.3 is 4.74 Å². The number of rotatable bonds is 2. The molecule has 4 nitrogen and oxygen atoms in total. The van der Waals surface area contributed by atoms with Crippen molar-refractivity contribution in [1.82, 2.24) is 15.2 Å². The van der Waals surface area contributed by atoms with Crippen molar-refractivity contribution in [3.63, 3.8) is 0 Å². The van der Waals surface area contributed by atoms with Gasteiger partial charge >= 0.3 is 0 Å². The van der Waals surface area contributed by atoms with Gasteiger partial charge in [-0.1, -0.05) is 25.7 Å². The van der Waals surface area contributed by atoms with Crippen LogP contribution >= 0.6 is 11.6 Å². The molecule has 2 rings (SSSR count). The minimum absolute atomic E-state index is 0.269. The largest absolute Gasteiger partial charge is 0.370 e. The van der Waals surface area contributed by atoms with Crippen molar-refractivity contribution in [2.24, 2.45) is 0 Å². The van der Waals surface area contributed by atoms with Gasteiger partial charge in [-0.05, 0) is 24.4 Å². The highest BCUT2D eigenvalue weighted by Gasteiger charge is 2.35. The molecule has 84 valence electrons. The molecule has 0 amide bonds. The number of methoxy groups -OCH3 is 1. The molecule has 0 unspecified atom stereocenters. The average Bonchev–Trinajstić information content (AvgIpc) is 2.56. The lowest BCUT2D eigenvalue weighted by molar-refractivity contribution is -0.0348. The Bertz CT molecular complexity index is 318. The maximum absolute atomic E-state index is 5.73. The van der Waals surface area contributed by atoms with Gasteiger partial charge in [-0.2, -0.15) is 4.98 Å². The molecule has 1 aromatic rings. The predicted molar refractivity (Wildman–Crippen MR) is 57.8 cm³/mol. The standard InChI is InChI=1S/C10H16ClN3O/c1-15-10(6-4-2-3-5-7-10)8-12-9(11)14-13-8/h2-7H2,1H3,(H,12,13,14). The van der Waals surface area contributed by atoms with E-state index in [-0.39, 0.29) is 10.9 Å². The molecular weight excluding hydrogens is 214 g/mol. The quantitative estimate of drug-likeness (QED) is 0.794. The first-order valence-corrected chi connectivity index (χ1v) is 5.78. The van der Waals surface area contributed by atoms with Crippen molar-refractivity contribution in [2.75, 3.05) is 7.11 Å². The van der Waals surface area contributed by atoms with Gasteiger partial charge in [-0.25, -0.2) is 0 Å². The second-order valence-corrected chi connectivity index (χ2v) is 4.40. The second kappa shape index (κ2) is 4.49. The fourth-order valence-electron chi connectivity index (χ4n) is 2.28. The molecular formula is C10H16ClN3O. The van der Waals surface area contributed by atoms with E-state index in [2.05, 4.69) is 15.2 Å². The topological polar surface area (TPSA) is 50.8 Å². The number of nitrogens with zero attached hydrogens (tertiary/aromatic N) is 2. The molecule has 0 aromatic carbocycles. The Morgan fingerprint density at radius 3 is 2.40 bits per heavy atom. The summed E-state index contributed by atoms with van der Waals surface area (Å²) in [6.45, 7) is 0. The molecule has 0 bridgehead atoms. The van der Waals surface area contributed by atoms with Crippen LogP contribution in [0.25, 0.3) is 0 Å². The van der Waals surface area contributed by atoms with Crippen molar-refractivity contribution in [1.29, 1.82) is 0 Å². The van der Waals surface area contributed by atoms with E-state index in [0.29, 0.717) is 0 Å². The van der Waals surface area contributed by atoms with Gasteiger partial charge in [0.25, 0.3) is 0 Å². The monoisotopic (exact) mass is 229 g/mol. The SMILES string of the molecule is COC1(c2nc(Cl)n[nH]2)CCCCCC1. The fraction of sp³-hybridized carbons (Fsp3) is 0.800. The van der Waals surface area contributed by atoms with Gasteiger partial charge in [-0.15, -0.1) is 5.10 Å². The number of halogens is 1.